The highest BCUT2D eigenvalue weighted by Crippen LogP contribution is 2.64. The molecular weight excluding hydrogens is 332 g/mol. The smallest absolute Gasteiger partial charge is 0.333 e. The number of rotatable bonds is 2. The van der Waals surface area contributed by atoms with E-state index in [1.54, 1.807) is 12.5 Å². The van der Waals surface area contributed by atoms with Gasteiger partial charge in [0.25, 0.3) is 0 Å². The van der Waals surface area contributed by atoms with Crippen LogP contribution in [-0.4, -0.2) is 19.0 Å². The molecule has 5 nitrogen and oxygen atoms in total. The molecule has 4 rings (SSSR count). The largest absolute Gasteiger partial charge is 0.472 e. The number of hydrogen-bond acceptors (Lipinski definition) is 5. The molecule has 1 aliphatic heterocycles. The van der Waals surface area contributed by atoms with E-state index in [1.165, 1.54) is 7.11 Å². The fourth-order valence-electron chi connectivity index (χ4n) is 5.92. The Kier molecular flexibility index (Phi) is 4.01. The zero-order valence-electron chi connectivity index (χ0n) is 15.6. The van der Waals surface area contributed by atoms with Gasteiger partial charge in [-0.05, 0) is 49.5 Å². The third kappa shape index (κ3) is 2.36. The van der Waals surface area contributed by atoms with Crippen LogP contribution in [0.25, 0.3) is 0 Å². The number of furan rings is 1. The summed E-state index contributed by atoms with van der Waals surface area (Å²) in [6, 6.07) is 1.87. The fraction of sp³-hybridized carbons (Fsp3) is 0.619. The second kappa shape index (κ2) is 6.00. The number of methoxy groups -OCH3 is 1. The van der Waals surface area contributed by atoms with E-state index in [4.69, 9.17) is 13.9 Å². The molecular formula is C21H26O5. The molecule has 5 heteroatoms. The molecule has 1 saturated heterocycles. The second-order valence-corrected chi connectivity index (χ2v) is 8.44. The maximum atomic E-state index is 12.8. The van der Waals surface area contributed by atoms with Crippen molar-refractivity contribution < 1.29 is 23.5 Å². The Bertz CT molecular complexity index is 748. The van der Waals surface area contributed by atoms with Crippen LogP contribution in [0, 0.1) is 22.7 Å². The second-order valence-electron chi connectivity index (χ2n) is 8.44. The number of carbonyl (C=O) groups excluding carboxylic acids is 2. The quantitative estimate of drug-likeness (QED) is 0.741. The number of allylic oxidation sites excluding steroid dienone is 1. The summed E-state index contributed by atoms with van der Waals surface area (Å²) in [6.07, 6.45) is 9.17. The van der Waals surface area contributed by atoms with E-state index in [1.807, 2.05) is 12.1 Å². The van der Waals surface area contributed by atoms with Gasteiger partial charge in [-0.15, -0.1) is 0 Å². The van der Waals surface area contributed by atoms with Gasteiger partial charge in [-0.2, -0.15) is 0 Å². The minimum absolute atomic E-state index is 0.110. The van der Waals surface area contributed by atoms with Crippen LogP contribution >= 0.6 is 0 Å². The van der Waals surface area contributed by atoms with Gasteiger partial charge in [0.05, 0.1) is 25.6 Å². The Balaban J connectivity index is 1.73. The standard InChI is InChI=1S/C21H26O5/c1-20-9-7-15-19(23)26-16(13-8-10-25-12-13)11-21(15,2)17(20)6-4-5-14(20)18(22)24-3/h5,8,10,12,15-17H,4,6-7,9,11H2,1-3H3/t15-,16-,17-,20-,21-/m0/s1. The predicted octanol–water partition coefficient (Wildman–Crippen LogP) is 4.20. The van der Waals surface area contributed by atoms with Crippen molar-refractivity contribution in [1.82, 2.24) is 0 Å². The molecule has 0 unspecified atom stereocenters. The molecule has 0 amide bonds. The lowest BCUT2D eigenvalue weighted by atomic mass is 9.45. The number of esters is 2. The summed E-state index contributed by atoms with van der Waals surface area (Å²) in [5.41, 5.74) is 1.23. The molecule has 0 spiro atoms. The van der Waals surface area contributed by atoms with Crippen molar-refractivity contribution in [1.29, 1.82) is 0 Å². The first-order valence-corrected chi connectivity index (χ1v) is 9.41. The minimum Gasteiger partial charge on any atom is -0.472 e. The van der Waals surface area contributed by atoms with Crippen LogP contribution in [0.5, 0.6) is 0 Å². The van der Waals surface area contributed by atoms with Gasteiger partial charge < -0.3 is 13.9 Å². The van der Waals surface area contributed by atoms with Crippen molar-refractivity contribution in [3.05, 3.63) is 35.8 Å². The van der Waals surface area contributed by atoms with Crippen molar-refractivity contribution in [2.24, 2.45) is 22.7 Å². The lowest BCUT2D eigenvalue weighted by Gasteiger charge is -2.59. The van der Waals surface area contributed by atoms with Gasteiger partial charge in [-0.25, -0.2) is 4.79 Å². The first-order chi connectivity index (χ1) is 12.4. The normalized spacial score (nSPS) is 39.3. The van der Waals surface area contributed by atoms with Crippen molar-refractivity contribution in [2.75, 3.05) is 7.11 Å². The molecule has 0 N–H and O–H groups in total. The van der Waals surface area contributed by atoms with Gasteiger partial charge in [-0.3, -0.25) is 4.79 Å². The monoisotopic (exact) mass is 358 g/mol. The first kappa shape index (κ1) is 17.4. The molecule has 1 aromatic rings. The molecule has 3 aliphatic rings. The van der Waals surface area contributed by atoms with E-state index >= 15 is 0 Å². The van der Waals surface area contributed by atoms with E-state index in [0.717, 1.165) is 43.2 Å². The highest BCUT2D eigenvalue weighted by molar-refractivity contribution is 5.90. The number of fused-ring (bicyclic) bond motifs is 3. The summed E-state index contributed by atoms with van der Waals surface area (Å²) < 4.78 is 16.0. The molecule has 0 aromatic carbocycles. The molecule has 140 valence electrons. The summed E-state index contributed by atoms with van der Waals surface area (Å²) in [4.78, 5) is 25.2. The number of ether oxygens (including phenoxy) is 2. The Morgan fingerprint density at radius 2 is 2.12 bits per heavy atom. The summed E-state index contributed by atoms with van der Waals surface area (Å²) in [7, 11) is 1.44. The summed E-state index contributed by atoms with van der Waals surface area (Å²) in [5.74, 6) is -0.207. The zero-order chi connectivity index (χ0) is 18.5. The number of cyclic esters (lactones) is 1. The van der Waals surface area contributed by atoms with Crippen LogP contribution in [-0.2, 0) is 19.1 Å². The van der Waals surface area contributed by atoms with E-state index < -0.39 is 0 Å². The Hall–Kier alpha value is -2.04. The fourth-order valence-corrected chi connectivity index (χ4v) is 5.92. The molecule has 1 aromatic heterocycles. The molecule has 2 aliphatic carbocycles. The summed E-state index contributed by atoms with van der Waals surface area (Å²) in [6.45, 7) is 4.39. The third-order valence-corrected chi connectivity index (χ3v) is 7.22. The van der Waals surface area contributed by atoms with Gasteiger partial charge in [0.15, 0.2) is 0 Å². The molecule has 0 radical (unpaired) electrons. The summed E-state index contributed by atoms with van der Waals surface area (Å²) in [5, 5.41) is 0. The van der Waals surface area contributed by atoms with E-state index in [9.17, 15) is 9.59 Å². The van der Waals surface area contributed by atoms with Crippen LogP contribution < -0.4 is 0 Å². The Morgan fingerprint density at radius 3 is 2.81 bits per heavy atom. The topological polar surface area (TPSA) is 65.7 Å². The molecule has 2 fully saturated rings. The van der Waals surface area contributed by atoms with Gasteiger partial charge in [-0.1, -0.05) is 19.9 Å². The number of hydrogen-bond donors (Lipinski definition) is 0. The van der Waals surface area contributed by atoms with E-state index in [-0.39, 0.29) is 40.7 Å². The molecule has 2 heterocycles. The van der Waals surface area contributed by atoms with Crippen molar-refractivity contribution in [2.45, 2.75) is 52.1 Å². The lowest BCUT2D eigenvalue weighted by molar-refractivity contribution is -0.191. The van der Waals surface area contributed by atoms with Gasteiger partial charge >= 0.3 is 11.9 Å². The van der Waals surface area contributed by atoms with Crippen molar-refractivity contribution in [3.63, 3.8) is 0 Å². The molecule has 5 atom stereocenters. The maximum Gasteiger partial charge on any atom is 0.333 e. The highest BCUT2D eigenvalue weighted by atomic mass is 16.5. The van der Waals surface area contributed by atoms with Crippen LogP contribution in [0.3, 0.4) is 0 Å². The molecule has 26 heavy (non-hydrogen) atoms. The Morgan fingerprint density at radius 1 is 1.31 bits per heavy atom. The average Bonchev–Trinajstić information content (AvgIpc) is 3.14. The van der Waals surface area contributed by atoms with E-state index in [2.05, 4.69) is 13.8 Å². The summed E-state index contributed by atoms with van der Waals surface area (Å²) >= 11 is 0. The first-order valence-electron chi connectivity index (χ1n) is 9.41. The van der Waals surface area contributed by atoms with E-state index in [0.29, 0.717) is 0 Å². The van der Waals surface area contributed by atoms with Crippen LogP contribution in [0.2, 0.25) is 0 Å². The SMILES string of the molecule is COC(=O)C1=CCC[C@@H]2[C@@]3(C)C[C@@H](c4ccoc4)OC(=O)[C@@H]3CC[C@@]12C. The van der Waals surface area contributed by atoms with Crippen LogP contribution in [0.4, 0.5) is 0 Å². The van der Waals surface area contributed by atoms with Crippen LogP contribution in [0.1, 0.15) is 57.6 Å². The van der Waals surface area contributed by atoms with Gasteiger partial charge in [0, 0.05) is 16.6 Å². The van der Waals surface area contributed by atoms with Crippen molar-refractivity contribution in [3.8, 4) is 0 Å². The maximum absolute atomic E-state index is 12.8. The molecule has 1 saturated carbocycles. The highest BCUT2D eigenvalue weighted by Gasteiger charge is 2.61. The minimum atomic E-state index is -0.280. The Labute approximate surface area is 153 Å². The lowest BCUT2D eigenvalue weighted by Crippen LogP contribution is -2.56. The third-order valence-electron chi connectivity index (χ3n) is 7.22. The predicted molar refractivity (Wildman–Crippen MR) is 93.9 cm³/mol. The van der Waals surface area contributed by atoms with Gasteiger partial charge in [0.1, 0.15) is 6.10 Å². The average molecular weight is 358 g/mol. The zero-order valence-corrected chi connectivity index (χ0v) is 15.6. The number of carbonyl (C=O) groups is 2. The van der Waals surface area contributed by atoms with Crippen LogP contribution in [0.15, 0.2) is 34.7 Å². The van der Waals surface area contributed by atoms with Gasteiger partial charge in [0.2, 0.25) is 0 Å². The molecule has 0 bridgehead atoms. The van der Waals surface area contributed by atoms with Crippen molar-refractivity contribution >= 4 is 11.9 Å².